The Morgan fingerprint density at radius 2 is 2.12 bits per heavy atom. The van der Waals surface area contributed by atoms with Crippen molar-refractivity contribution >= 4 is 17.6 Å². The van der Waals surface area contributed by atoms with Crippen molar-refractivity contribution in [3.63, 3.8) is 0 Å². The highest BCUT2D eigenvalue weighted by Crippen LogP contribution is 2.40. The summed E-state index contributed by atoms with van der Waals surface area (Å²) < 4.78 is 1.75. The molecular weight excluding hydrogens is 308 g/mol. The topological polar surface area (TPSA) is 102 Å². The monoisotopic (exact) mass is 328 g/mol. The average molecular weight is 328 g/mol. The lowest BCUT2D eigenvalue weighted by Crippen LogP contribution is -2.36. The highest BCUT2D eigenvalue weighted by atomic mass is 16.2. The van der Waals surface area contributed by atoms with Crippen molar-refractivity contribution in [2.75, 3.05) is 11.9 Å². The zero-order chi connectivity index (χ0) is 17.1. The Hall–Kier alpha value is -2.77. The van der Waals surface area contributed by atoms with Gasteiger partial charge in [0.2, 0.25) is 0 Å². The number of hydrogen-bond donors (Lipinski definition) is 2. The molecule has 2 amide bonds. The molecule has 0 radical (unpaired) electrons. The molecule has 0 atom stereocenters. The summed E-state index contributed by atoms with van der Waals surface area (Å²) >= 11 is 0. The molecule has 0 unspecified atom stereocenters. The average Bonchev–Trinajstić information content (AvgIpc) is 3.31. The van der Waals surface area contributed by atoms with E-state index in [-0.39, 0.29) is 0 Å². The third kappa shape index (κ3) is 3.95. The van der Waals surface area contributed by atoms with Crippen LogP contribution in [0.1, 0.15) is 36.0 Å². The van der Waals surface area contributed by atoms with Crippen LogP contribution >= 0.6 is 0 Å². The van der Waals surface area contributed by atoms with Crippen LogP contribution in [0, 0.1) is 6.92 Å². The maximum absolute atomic E-state index is 11.9. The van der Waals surface area contributed by atoms with Crippen molar-refractivity contribution in [1.29, 1.82) is 0 Å². The first-order chi connectivity index (χ1) is 11.5. The molecule has 0 bridgehead atoms. The van der Waals surface area contributed by atoms with Crippen LogP contribution in [0.3, 0.4) is 0 Å². The number of carbonyl (C=O) groups is 2. The van der Waals surface area contributed by atoms with Gasteiger partial charge in [-0.1, -0.05) is 0 Å². The van der Waals surface area contributed by atoms with Crippen LogP contribution in [0.2, 0.25) is 0 Å². The number of nitrogens with zero attached hydrogens (tertiary/aromatic N) is 4. The Morgan fingerprint density at radius 3 is 2.83 bits per heavy atom. The lowest BCUT2D eigenvalue weighted by molar-refractivity contribution is -0.136. The molecule has 0 spiro atoms. The van der Waals surface area contributed by atoms with Gasteiger partial charge in [-0.15, -0.1) is 0 Å². The van der Waals surface area contributed by atoms with Gasteiger partial charge in [-0.25, -0.2) is 9.97 Å². The van der Waals surface area contributed by atoms with E-state index in [0.29, 0.717) is 30.5 Å². The van der Waals surface area contributed by atoms with Crippen molar-refractivity contribution in [3.05, 3.63) is 35.5 Å². The van der Waals surface area contributed by atoms with E-state index in [1.54, 1.807) is 16.9 Å². The number of carbonyl (C=O) groups excluding carboxylic acids is 2. The van der Waals surface area contributed by atoms with Crippen molar-refractivity contribution in [2.24, 2.45) is 7.05 Å². The molecule has 0 aromatic carbocycles. The summed E-state index contributed by atoms with van der Waals surface area (Å²) in [6.07, 6.45) is 4.43. The first-order valence-corrected chi connectivity index (χ1v) is 7.94. The lowest BCUT2D eigenvalue weighted by atomic mass is 10.3. The summed E-state index contributed by atoms with van der Waals surface area (Å²) in [7, 11) is 1.84. The molecule has 0 saturated heterocycles. The van der Waals surface area contributed by atoms with E-state index in [1.807, 2.05) is 20.0 Å². The van der Waals surface area contributed by atoms with Gasteiger partial charge in [0.1, 0.15) is 5.82 Å². The highest BCUT2D eigenvalue weighted by molar-refractivity contribution is 6.39. The van der Waals surface area contributed by atoms with E-state index in [2.05, 4.69) is 25.7 Å². The zero-order valence-electron chi connectivity index (χ0n) is 13.7. The van der Waals surface area contributed by atoms with Crippen LogP contribution in [0.5, 0.6) is 0 Å². The molecule has 2 aromatic rings. The number of nitrogens with one attached hydrogen (secondary N) is 2. The van der Waals surface area contributed by atoms with Crippen LogP contribution in [-0.4, -0.2) is 38.1 Å². The van der Waals surface area contributed by atoms with Crippen LogP contribution in [-0.2, 0) is 23.1 Å². The summed E-state index contributed by atoms with van der Waals surface area (Å²) in [5, 5.41) is 9.31. The van der Waals surface area contributed by atoms with Crippen LogP contribution in [0.25, 0.3) is 0 Å². The smallest absolute Gasteiger partial charge is 0.314 e. The first kappa shape index (κ1) is 16.1. The fourth-order valence-electron chi connectivity index (χ4n) is 2.47. The normalized spacial score (nSPS) is 13.6. The maximum Gasteiger partial charge on any atom is 0.314 e. The van der Waals surface area contributed by atoms with Gasteiger partial charge < -0.3 is 10.6 Å². The third-order valence-corrected chi connectivity index (χ3v) is 3.84. The predicted octanol–water partition coefficient (Wildman–Crippen LogP) is 0.693. The molecule has 1 aliphatic carbocycles. The van der Waals surface area contributed by atoms with Crippen LogP contribution < -0.4 is 10.6 Å². The number of anilines is 1. The van der Waals surface area contributed by atoms with Gasteiger partial charge >= 0.3 is 11.8 Å². The van der Waals surface area contributed by atoms with Crippen molar-refractivity contribution < 1.29 is 9.59 Å². The highest BCUT2D eigenvalue weighted by Gasteiger charge is 2.27. The SMILES string of the molecule is Cc1ccnc(CCNC(=O)C(=O)Nc2cc(C3CC3)n(C)n2)n1. The maximum atomic E-state index is 11.9. The minimum absolute atomic E-state index is 0.297. The second kappa shape index (κ2) is 6.77. The molecule has 1 fully saturated rings. The molecule has 1 aliphatic rings. The Morgan fingerprint density at radius 1 is 1.33 bits per heavy atom. The molecule has 8 nitrogen and oxygen atoms in total. The van der Waals surface area contributed by atoms with E-state index in [1.165, 1.54) is 0 Å². The van der Waals surface area contributed by atoms with Crippen molar-refractivity contribution in [1.82, 2.24) is 25.1 Å². The number of aryl methyl sites for hydroxylation is 2. The molecule has 2 aromatic heterocycles. The quantitative estimate of drug-likeness (QED) is 0.787. The summed E-state index contributed by atoms with van der Waals surface area (Å²) in [5.41, 5.74) is 1.95. The summed E-state index contributed by atoms with van der Waals surface area (Å²) in [5.74, 6) is 0.147. The minimum atomic E-state index is -0.722. The second-order valence-corrected chi connectivity index (χ2v) is 5.93. The van der Waals surface area contributed by atoms with Crippen LogP contribution in [0.4, 0.5) is 5.82 Å². The van der Waals surface area contributed by atoms with Crippen molar-refractivity contribution in [2.45, 2.75) is 32.1 Å². The van der Waals surface area contributed by atoms with E-state index in [0.717, 1.165) is 24.2 Å². The third-order valence-electron chi connectivity index (χ3n) is 3.84. The molecule has 1 saturated carbocycles. The zero-order valence-corrected chi connectivity index (χ0v) is 13.7. The van der Waals surface area contributed by atoms with Crippen LogP contribution in [0.15, 0.2) is 18.3 Å². The molecule has 2 N–H and O–H groups in total. The van der Waals surface area contributed by atoms with Gasteiger partial charge in [-0.2, -0.15) is 5.10 Å². The Bertz CT molecular complexity index is 766. The molecular formula is C16H20N6O2. The van der Waals surface area contributed by atoms with E-state index in [9.17, 15) is 9.59 Å². The van der Waals surface area contributed by atoms with E-state index < -0.39 is 11.8 Å². The molecule has 8 heteroatoms. The van der Waals surface area contributed by atoms with Gasteiger partial charge in [0.05, 0.1) is 0 Å². The fourth-order valence-corrected chi connectivity index (χ4v) is 2.47. The first-order valence-electron chi connectivity index (χ1n) is 7.94. The standard InChI is InChI=1S/C16H20N6O2/c1-10-5-7-17-13(19-10)6-8-18-15(23)16(24)20-14-9-12(11-3-4-11)22(2)21-14/h5,7,9,11H,3-4,6,8H2,1-2H3,(H,18,23)(H,20,21,24). The number of aromatic nitrogens is 4. The molecule has 3 rings (SSSR count). The molecule has 126 valence electrons. The molecule has 0 aliphatic heterocycles. The Labute approximate surface area is 139 Å². The van der Waals surface area contributed by atoms with Gasteiger partial charge in [0.15, 0.2) is 5.82 Å². The summed E-state index contributed by atoms with van der Waals surface area (Å²) in [6, 6.07) is 3.63. The number of rotatable bonds is 5. The summed E-state index contributed by atoms with van der Waals surface area (Å²) in [6.45, 7) is 2.17. The number of amides is 2. The van der Waals surface area contributed by atoms with Crippen molar-refractivity contribution in [3.8, 4) is 0 Å². The van der Waals surface area contributed by atoms with E-state index >= 15 is 0 Å². The summed E-state index contributed by atoms with van der Waals surface area (Å²) in [4.78, 5) is 32.1. The van der Waals surface area contributed by atoms with Gasteiger partial charge in [-0.3, -0.25) is 14.3 Å². The minimum Gasteiger partial charge on any atom is -0.347 e. The fraction of sp³-hybridized carbons (Fsp3) is 0.438. The second-order valence-electron chi connectivity index (χ2n) is 5.93. The Kier molecular flexibility index (Phi) is 4.54. The lowest BCUT2D eigenvalue weighted by Gasteiger charge is -2.04. The predicted molar refractivity (Wildman–Crippen MR) is 87.3 cm³/mol. The largest absolute Gasteiger partial charge is 0.347 e. The molecule has 2 heterocycles. The van der Waals surface area contributed by atoms with Gasteiger partial charge in [0, 0.05) is 49.6 Å². The number of hydrogen-bond acceptors (Lipinski definition) is 5. The molecule has 24 heavy (non-hydrogen) atoms. The van der Waals surface area contributed by atoms with Gasteiger partial charge in [-0.05, 0) is 25.8 Å². The van der Waals surface area contributed by atoms with Gasteiger partial charge in [0.25, 0.3) is 0 Å². The van der Waals surface area contributed by atoms with E-state index in [4.69, 9.17) is 0 Å². The Balaban J connectivity index is 1.48.